The van der Waals surface area contributed by atoms with Crippen molar-refractivity contribution in [2.24, 2.45) is 0 Å². The van der Waals surface area contributed by atoms with Gasteiger partial charge in [-0.05, 0) is 25.5 Å². The summed E-state index contributed by atoms with van der Waals surface area (Å²) in [5.74, 6) is -0.474. The number of amides is 1. The van der Waals surface area contributed by atoms with Gasteiger partial charge in [-0.2, -0.15) is 0 Å². The van der Waals surface area contributed by atoms with Crippen LogP contribution in [0.4, 0.5) is 5.69 Å². The average Bonchev–Trinajstić information content (AvgIpc) is 2.44. The zero-order chi connectivity index (χ0) is 14.3. The molecule has 0 atom stereocenters. The minimum absolute atomic E-state index is 0.0587. The highest BCUT2D eigenvalue weighted by molar-refractivity contribution is 6.02. The van der Waals surface area contributed by atoms with Crippen molar-refractivity contribution in [2.75, 3.05) is 18.6 Å². The largest absolute Gasteiger partial charge is 0.462 e. The van der Waals surface area contributed by atoms with Gasteiger partial charge in [-0.1, -0.05) is 18.2 Å². The van der Waals surface area contributed by atoms with Crippen molar-refractivity contribution in [2.45, 2.75) is 19.8 Å². The number of esters is 1. The van der Waals surface area contributed by atoms with E-state index in [4.69, 9.17) is 4.74 Å². The first-order valence-electron chi connectivity index (χ1n) is 6.25. The van der Waals surface area contributed by atoms with Crippen LogP contribution in [0.3, 0.4) is 0 Å². The van der Waals surface area contributed by atoms with Gasteiger partial charge < -0.3 is 9.64 Å². The molecular formula is C15H19NO3. The van der Waals surface area contributed by atoms with Crippen LogP contribution in [0.25, 0.3) is 0 Å². The van der Waals surface area contributed by atoms with Crippen LogP contribution in [-0.2, 0) is 9.53 Å². The summed E-state index contributed by atoms with van der Waals surface area (Å²) in [5.41, 5.74) is 0.966. The van der Waals surface area contributed by atoms with Crippen LogP contribution < -0.4 is 4.90 Å². The molecule has 102 valence electrons. The number of para-hydroxylation sites is 1. The van der Waals surface area contributed by atoms with E-state index < -0.39 is 5.97 Å². The van der Waals surface area contributed by atoms with E-state index in [1.165, 1.54) is 4.90 Å². The van der Waals surface area contributed by atoms with Crippen LogP contribution in [0.5, 0.6) is 0 Å². The Labute approximate surface area is 113 Å². The van der Waals surface area contributed by atoms with Crippen LogP contribution in [0.15, 0.2) is 36.9 Å². The van der Waals surface area contributed by atoms with Gasteiger partial charge in [0.1, 0.15) is 0 Å². The molecule has 0 unspecified atom stereocenters. The zero-order valence-electron chi connectivity index (χ0n) is 11.4. The number of hydrogen-bond donors (Lipinski definition) is 0. The number of carbonyl (C=O) groups is 2. The van der Waals surface area contributed by atoms with Crippen LogP contribution in [0, 0.1) is 0 Å². The van der Waals surface area contributed by atoms with Gasteiger partial charge in [-0.3, -0.25) is 4.79 Å². The summed E-state index contributed by atoms with van der Waals surface area (Å²) >= 11 is 0. The van der Waals surface area contributed by atoms with Crippen molar-refractivity contribution in [3.05, 3.63) is 42.5 Å². The quantitative estimate of drug-likeness (QED) is 0.584. The van der Waals surface area contributed by atoms with Crippen LogP contribution in [-0.4, -0.2) is 25.5 Å². The van der Waals surface area contributed by atoms with E-state index in [1.54, 1.807) is 44.3 Å². The maximum atomic E-state index is 12.0. The molecule has 0 radical (unpaired) electrons. The molecule has 0 saturated heterocycles. The Kier molecular flexibility index (Phi) is 5.79. The molecular weight excluding hydrogens is 242 g/mol. The lowest BCUT2D eigenvalue weighted by molar-refractivity contribution is -0.118. The Balaban J connectivity index is 2.96. The molecule has 4 nitrogen and oxygen atoms in total. The first kappa shape index (κ1) is 15.0. The van der Waals surface area contributed by atoms with Gasteiger partial charge in [0.05, 0.1) is 17.9 Å². The van der Waals surface area contributed by atoms with Crippen LogP contribution in [0.2, 0.25) is 0 Å². The predicted molar refractivity (Wildman–Crippen MR) is 75.2 cm³/mol. The molecule has 0 aliphatic heterocycles. The molecule has 1 aromatic carbocycles. The number of rotatable bonds is 6. The van der Waals surface area contributed by atoms with Crippen molar-refractivity contribution in [1.82, 2.24) is 0 Å². The Morgan fingerprint density at radius 3 is 2.68 bits per heavy atom. The summed E-state index contributed by atoms with van der Waals surface area (Å²) in [6.07, 6.45) is 2.69. The maximum absolute atomic E-state index is 12.0. The van der Waals surface area contributed by atoms with Gasteiger partial charge in [-0.25, -0.2) is 4.79 Å². The Bertz CT molecular complexity index is 468. The van der Waals surface area contributed by atoms with Crippen molar-refractivity contribution < 1.29 is 14.3 Å². The van der Waals surface area contributed by atoms with E-state index in [0.717, 1.165) is 0 Å². The van der Waals surface area contributed by atoms with Gasteiger partial charge in [-0.15, -0.1) is 6.58 Å². The van der Waals surface area contributed by atoms with Crippen LogP contribution >= 0.6 is 0 Å². The number of benzene rings is 1. The third-order valence-corrected chi connectivity index (χ3v) is 2.70. The minimum atomic E-state index is -0.415. The second-order valence-corrected chi connectivity index (χ2v) is 4.02. The van der Waals surface area contributed by atoms with Gasteiger partial charge in [0.25, 0.3) is 0 Å². The summed E-state index contributed by atoms with van der Waals surface area (Å²) in [6.45, 7) is 5.65. The molecule has 0 aliphatic rings. The van der Waals surface area contributed by atoms with E-state index in [0.29, 0.717) is 30.7 Å². The standard InChI is InChI=1S/C15H19NO3/c1-4-6-11-14(17)16(3)13-10-8-7-9-12(13)15(18)19-5-2/h4,7-10H,1,5-6,11H2,2-3H3. The summed E-state index contributed by atoms with van der Waals surface area (Å²) in [7, 11) is 1.66. The first-order chi connectivity index (χ1) is 9.11. The molecule has 0 fully saturated rings. The fourth-order valence-electron chi connectivity index (χ4n) is 1.68. The van der Waals surface area contributed by atoms with E-state index in [9.17, 15) is 9.59 Å². The highest BCUT2D eigenvalue weighted by Crippen LogP contribution is 2.21. The Hall–Kier alpha value is -2.10. The van der Waals surface area contributed by atoms with E-state index in [1.807, 2.05) is 0 Å². The number of carbonyl (C=O) groups excluding carboxylic acids is 2. The molecule has 1 aromatic rings. The third kappa shape index (κ3) is 3.95. The smallest absolute Gasteiger partial charge is 0.340 e. The number of ether oxygens (including phenoxy) is 1. The van der Waals surface area contributed by atoms with Crippen molar-refractivity contribution >= 4 is 17.6 Å². The molecule has 0 N–H and O–H groups in total. The highest BCUT2D eigenvalue weighted by Gasteiger charge is 2.18. The minimum Gasteiger partial charge on any atom is -0.462 e. The lowest BCUT2D eigenvalue weighted by Crippen LogP contribution is -2.27. The normalized spacial score (nSPS) is 9.79. The molecule has 0 saturated carbocycles. The number of nitrogens with zero attached hydrogens (tertiary/aromatic N) is 1. The fraction of sp³-hybridized carbons (Fsp3) is 0.333. The number of anilines is 1. The van der Waals surface area contributed by atoms with E-state index in [2.05, 4.69) is 6.58 Å². The molecule has 19 heavy (non-hydrogen) atoms. The lowest BCUT2D eigenvalue weighted by atomic mass is 10.1. The predicted octanol–water partition coefficient (Wildman–Crippen LogP) is 2.79. The summed E-state index contributed by atoms with van der Waals surface area (Å²) in [4.78, 5) is 25.3. The topological polar surface area (TPSA) is 46.6 Å². The van der Waals surface area contributed by atoms with Crippen molar-refractivity contribution in [3.8, 4) is 0 Å². The van der Waals surface area contributed by atoms with Crippen molar-refractivity contribution in [1.29, 1.82) is 0 Å². The van der Waals surface area contributed by atoms with Gasteiger partial charge in [0, 0.05) is 13.5 Å². The summed E-state index contributed by atoms with van der Waals surface area (Å²) < 4.78 is 4.99. The van der Waals surface area contributed by atoms with Crippen LogP contribution in [0.1, 0.15) is 30.1 Å². The van der Waals surface area contributed by atoms with Gasteiger partial charge in [0.15, 0.2) is 0 Å². The summed E-state index contributed by atoms with van der Waals surface area (Å²) in [6, 6.07) is 6.93. The molecule has 0 bridgehead atoms. The third-order valence-electron chi connectivity index (χ3n) is 2.70. The fourth-order valence-corrected chi connectivity index (χ4v) is 1.68. The molecule has 1 rings (SSSR count). The summed E-state index contributed by atoms with van der Waals surface area (Å²) in [5, 5.41) is 0. The SMILES string of the molecule is C=CCCC(=O)N(C)c1ccccc1C(=O)OCC. The second-order valence-electron chi connectivity index (χ2n) is 4.02. The van der Waals surface area contributed by atoms with E-state index >= 15 is 0 Å². The molecule has 0 aromatic heterocycles. The Morgan fingerprint density at radius 2 is 2.05 bits per heavy atom. The molecule has 1 amide bonds. The number of allylic oxidation sites excluding steroid dienone is 1. The van der Waals surface area contributed by atoms with E-state index in [-0.39, 0.29) is 5.91 Å². The second kappa shape index (κ2) is 7.36. The highest BCUT2D eigenvalue weighted by atomic mass is 16.5. The monoisotopic (exact) mass is 261 g/mol. The molecule has 4 heteroatoms. The zero-order valence-corrected chi connectivity index (χ0v) is 11.4. The Morgan fingerprint density at radius 1 is 1.37 bits per heavy atom. The average molecular weight is 261 g/mol. The van der Waals surface area contributed by atoms with Crippen molar-refractivity contribution in [3.63, 3.8) is 0 Å². The van der Waals surface area contributed by atoms with Gasteiger partial charge >= 0.3 is 5.97 Å². The molecule has 0 spiro atoms. The molecule has 0 aliphatic carbocycles. The molecule has 0 heterocycles. The lowest BCUT2D eigenvalue weighted by Gasteiger charge is -2.19. The number of hydrogen-bond acceptors (Lipinski definition) is 3. The maximum Gasteiger partial charge on any atom is 0.340 e. The first-order valence-corrected chi connectivity index (χ1v) is 6.25. The van der Waals surface area contributed by atoms with Gasteiger partial charge in [0.2, 0.25) is 5.91 Å².